The fourth-order valence-corrected chi connectivity index (χ4v) is 8.05. The average molecular weight is 652 g/mol. The number of rotatable bonds is 5. The van der Waals surface area contributed by atoms with Gasteiger partial charge in [0, 0.05) is 21.5 Å². The van der Waals surface area contributed by atoms with Crippen LogP contribution in [0.25, 0.3) is 88.0 Å². The fourth-order valence-electron chi connectivity index (χ4n) is 8.05. The van der Waals surface area contributed by atoms with Crippen molar-refractivity contribution in [3.8, 4) is 44.5 Å². The molecule has 10 rings (SSSR count). The van der Waals surface area contributed by atoms with E-state index < -0.39 is 0 Å². The second-order valence-electron chi connectivity index (χ2n) is 13.6. The molecule has 1 aliphatic rings. The zero-order valence-corrected chi connectivity index (χ0v) is 28.0. The van der Waals surface area contributed by atoms with Crippen LogP contribution in [0, 0.1) is 0 Å². The van der Waals surface area contributed by atoms with E-state index in [1.54, 1.807) is 0 Å². The van der Waals surface area contributed by atoms with Gasteiger partial charge >= 0.3 is 0 Å². The van der Waals surface area contributed by atoms with E-state index in [0.29, 0.717) is 0 Å². The van der Waals surface area contributed by atoms with Gasteiger partial charge in [-0.25, -0.2) is 0 Å². The summed E-state index contributed by atoms with van der Waals surface area (Å²) < 4.78 is 1.95. The van der Waals surface area contributed by atoms with Gasteiger partial charge in [0.15, 0.2) is 0 Å². The number of hydrogen-bond donors (Lipinski definition) is 0. The number of allylic oxidation sites excluding steroid dienone is 4. The molecular formula is C49H33NO. The van der Waals surface area contributed by atoms with Crippen molar-refractivity contribution in [2.75, 3.05) is 0 Å². The van der Waals surface area contributed by atoms with Crippen molar-refractivity contribution in [3.05, 3.63) is 192 Å². The number of aromatic nitrogens is 1. The minimum atomic E-state index is 0.0166. The van der Waals surface area contributed by atoms with Crippen LogP contribution in [0.1, 0.15) is 18.4 Å². The predicted octanol–water partition coefficient (Wildman–Crippen LogP) is 12.6. The molecule has 0 radical (unpaired) electrons. The molecule has 2 aromatic heterocycles. The maximum atomic E-state index is 14.5. The van der Waals surface area contributed by atoms with Gasteiger partial charge in [0.2, 0.25) is 0 Å². The van der Waals surface area contributed by atoms with E-state index in [4.69, 9.17) is 0 Å². The first-order chi connectivity index (χ1) is 25.2. The Morgan fingerprint density at radius 1 is 0.412 bits per heavy atom. The number of fused-ring (bicyclic) bond motifs is 5. The largest absolute Gasteiger partial charge is 0.275 e. The van der Waals surface area contributed by atoms with Crippen molar-refractivity contribution in [2.24, 2.45) is 0 Å². The molecule has 0 spiro atoms. The van der Waals surface area contributed by atoms with Crippen LogP contribution in [0.15, 0.2) is 181 Å². The molecule has 0 saturated heterocycles. The van der Waals surface area contributed by atoms with Gasteiger partial charge in [-0.15, -0.1) is 0 Å². The van der Waals surface area contributed by atoms with E-state index >= 15 is 0 Å². The van der Waals surface area contributed by atoms with E-state index in [-0.39, 0.29) is 5.56 Å². The minimum absolute atomic E-state index is 0.0166. The number of pyridine rings is 1. The van der Waals surface area contributed by atoms with Gasteiger partial charge in [0.25, 0.3) is 5.56 Å². The number of hydrogen-bond acceptors (Lipinski definition) is 1. The topological polar surface area (TPSA) is 21.5 Å². The maximum Gasteiger partial charge on any atom is 0.263 e. The molecule has 0 bridgehead atoms. The third kappa shape index (κ3) is 4.91. The highest BCUT2D eigenvalue weighted by atomic mass is 16.1. The summed E-state index contributed by atoms with van der Waals surface area (Å²) in [4.78, 5) is 14.5. The van der Waals surface area contributed by atoms with Crippen molar-refractivity contribution in [1.82, 2.24) is 4.40 Å². The van der Waals surface area contributed by atoms with Gasteiger partial charge in [-0.05, 0) is 122 Å². The second kappa shape index (κ2) is 11.8. The van der Waals surface area contributed by atoms with Gasteiger partial charge in [-0.2, -0.15) is 0 Å². The van der Waals surface area contributed by atoms with E-state index in [1.807, 2.05) is 16.5 Å². The van der Waals surface area contributed by atoms with E-state index in [0.717, 1.165) is 78.6 Å². The summed E-state index contributed by atoms with van der Waals surface area (Å²) in [6.45, 7) is 0. The molecule has 0 fully saturated rings. The fraction of sp³-hybridized carbons (Fsp3) is 0.0408. The van der Waals surface area contributed by atoms with Crippen LogP contribution in [0.5, 0.6) is 0 Å². The van der Waals surface area contributed by atoms with Gasteiger partial charge in [0.05, 0.1) is 11.0 Å². The molecular weight excluding hydrogens is 619 g/mol. The Hall–Kier alpha value is -6.51. The Balaban J connectivity index is 1.26. The lowest BCUT2D eigenvalue weighted by atomic mass is 9.92. The quantitative estimate of drug-likeness (QED) is 0.170. The van der Waals surface area contributed by atoms with Gasteiger partial charge in [0.1, 0.15) is 0 Å². The van der Waals surface area contributed by atoms with Crippen molar-refractivity contribution in [2.45, 2.75) is 12.8 Å². The monoisotopic (exact) mass is 651 g/mol. The molecule has 0 unspecified atom stereocenters. The molecule has 0 atom stereocenters. The average Bonchev–Trinajstić information content (AvgIpc) is 3.55. The molecule has 2 heteroatoms. The lowest BCUT2D eigenvalue weighted by molar-refractivity contribution is 1.05. The van der Waals surface area contributed by atoms with Crippen molar-refractivity contribution >= 4 is 43.5 Å². The van der Waals surface area contributed by atoms with Crippen molar-refractivity contribution in [1.29, 1.82) is 0 Å². The van der Waals surface area contributed by atoms with E-state index in [9.17, 15) is 4.79 Å². The molecule has 0 aliphatic heterocycles. The summed E-state index contributed by atoms with van der Waals surface area (Å²) in [7, 11) is 0. The molecule has 240 valence electrons. The number of nitrogens with zero attached hydrogens (tertiary/aromatic N) is 1. The molecule has 51 heavy (non-hydrogen) atoms. The minimum Gasteiger partial charge on any atom is -0.275 e. The van der Waals surface area contributed by atoms with Crippen LogP contribution in [0.3, 0.4) is 0 Å². The zero-order chi connectivity index (χ0) is 33.9. The zero-order valence-electron chi connectivity index (χ0n) is 28.0. The Kier molecular flexibility index (Phi) is 6.82. The van der Waals surface area contributed by atoms with Crippen LogP contribution in [0.4, 0.5) is 0 Å². The van der Waals surface area contributed by atoms with Gasteiger partial charge < -0.3 is 0 Å². The molecule has 2 heterocycles. The smallest absolute Gasteiger partial charge is 0.263 e. The SMILES string of the molecule is O=c1c2ccc(-c3ccccc3)cc2c2cc(-c3cccc(C4=CC=CCC4)c3)cc3c4cc(-c5cccc(-c6ccccc6)c5)ccc4n1c23. The standard InChI is InChI=1S/C49H33NO/c51-49-42-24-22-39(34-16-8-3-9-17-34)28-43(42)45-30-41(38-21-11-19-36(27-38)33-14-6-2-7-15-33)31-46-44-29-40(23-25-47(44)50(49)48(45)46)37-20-10-18-35(26-37)32-12-4-1-5-13-32/h1-6,8-14,16-31H,7,15H2. The Morgan fingerprint density at radius 3 is 1.65 bits per heavy atom. The first-order valence-electron chi connectivity index (χ1n) is 17.7. The van der Waals surface area contributed by atoms with E-state index in [1.165, 1.54) is 27.8 Å². The third-order valence-corrected chi connectivity index (χ3v) is 10.6. The highest BCUT2D eigenvalue weighted by Crippen LogP contribution is 2.41. The predicted molar refractivity (Wildman–Crippen MR) is 215 cm³/mol. The summed E-state index contributed by atoms with van der Waals surface area (Å²) >= 11 is 0. The summed E-state index contributed by atoms with van der Waals surface area (Å²) in [5, 5.41) is 4.97. The summed E-state index contributed by atoms with van der Waals surface area (Å²) in [6, 6.07) is 56.1. The van der Waals surface area contributed by atoms with E-state index in [2.05, 4.69) is 164 Å². The van der Waals surface area contributed by atoms with Crippen LogP contribution in [0.2, 0.25) is 0 Å². The second-order valence-corrected chi connectivity index (χ2v) is 13.6. The van der Waals surface area contributed by atoms with Crippen LogP contribution >= 0.6 is 0 Å². The van der Waals surface area contributed by atoms with Crippen LogP contribution in [-0.2, 0) is 0 Å². The molecule has 0 N–H and O–H groups in total. The van der Waals surface area contributed by atoms with Gasteiger partial charge in [-0.1, -0.05) is 127 Å². The Morgan fingerprint density at radius 2 is 0.941 bits per heavy atom. The maximum absolute atomic E-state index is 14.5. The summed E-state index contributed by atoms with van der Waals surface area (Å²) in [5.74, 6) is 0. The lowest BCUT2D eigenvalue weighted by Gasteiger charge is -2.13. The molecule has 0 saturated carbocycles. The first-order valence-corrected chi connectivity index (χ1v) is 17.7. The molecule has 2 nitrogen and oxygen atoms in total. The normalized spacial score (nSPS) is 13.1. The van der Waals surface area contributed by atoms with Crippen molar-refractivity contribution in [3.63, 3.8) is 0 Å². The highest BCUT2D eigenvalue weighted by Gasteiger charge is 2.20. The molecule has 9 aromatic rings. The summed E-state index contributed by atoms with van der Waals surface area (Å²) in [6.07, 6.45) is 8.75. The van der Waals surface area contributed by atoms with Crippen LogP contribution in [-0.4, -0.2) is 4.40 Å². The Bertz CT molecular complexity index is 2910. The first kappa shape index (κ1) is 29.4. The third-order valence-electron chi connectivity index (χ3n) is 10.6. The van der Waals surface area contributed by atoms with Gasteiger partial charge in [-0.3, -0.25) is 9.20 Å². The number of benzene rings is 7. The molecule has 1 aliphatic carbocycles. The van der Waals surface area contributed by atoms with Crippen LogP contribution < -0.4 is 5.56 Å². The molecule has 7 aromatic carbocycles. The highest BCUT2D eigenvalue weighted by molar-refractivity contribution is 6.22. The van der Waals surface area contributed by atoms with Crippen molar-refractivity contribution < 1.29 is 0 Å². The molecule has 0 amide bonds. The summed E-state index contributed by atoms with van der Waals surface area (Å²) in [5.41, 5.74) is 13.8. The lowest BCUT2D eigenvalue weighted by Crippen LogP contribution is -2.13. The Labute approximate surface area is 296 Å².